The Kier molecular flexibility index (Phi) is 4.84. The SMILES string of the molecule is C[Si](C)OC([C@@H]1C[C@@H](O)[C@H](n2cnc3c(N)ncnc32)O1)C(C)(C)C. The number of hydrogen-bond donors (Lipinski definition) is 2. The van der Waals surface area contributed by atoms with E-state index in [4.69, 9.17) is 14.9 Å². The number of nitrogen functional groups attached to an aromatic ring is 1. The van der Waals surface area contributed by atoms with E-state index in [1.165, 1.54) is 6.33 Å². The quantitative estimate of drug-likeness (QED) is 0.795. The van der Waals surface area contributed by atoms with E-state index in [0.29, 0.717) is 23.4 Å². The number of hydrogen-bond acceptors (Lipinski definition) is 7. The first-order valence-electron chi connectivity index (χ1n) is 8.42. The summed E-state index contributed by atoms with van der Waals surface area (Å²) >= 11 is 0. The van der Waals surface area contributed by atoms with Gasteiger partial charge in [0, 0.05) is 6.42 Å². The Morgan fingerprint density at radius 1 is 1.36 bits per heavy atom. The van der Waals surface area contributed by atoms with Crippen molar-refractivity contribution >= 4 is 26.0 Å². The third kappa shape index (κ3) is 3.55. The molecule has 9 heteroatoms. The van der Waals surface area contributed by atoms with Gasteiger partial charge in [0.1, 0.15) is 17.9 Å². The van der Waals surface area contributed by atoms with E-state index in [1.54, 1.807) is 10.9 Å². The molecule has 3 rings (SSSR count). The number of ether oxygens (including phenoxy) is 1. The second-order valence-corrected chi connectivity index (χ2v) is 9.82. The topological polar surface area (TPSA) is 108 Å². The molecule has 4 atom stereocenters. The number of aliphatic hydroxyl groups excluding tert-OH is 1. The predicted molar refractivity (Wildman–Crippen MR) is 96.1 cm³/mol. The lowest BCUT2D eigenvalue weighted by molar-refractivity contribution is -0.0934. The van der Waals surface area contributed by atoms with Crippen LogP contribution < -0.4 is 5.73 Å². The molecule has 1 aliphatic heterocycles. The molecule has 137 valence electrons. The molecule has 0 amide bonds. The standard InChI is InChI=1S/C16H26N5O3Si/c1-16(2,3)12(24-25(4)5)10-6-9(22)15(23-10)21-8-20-11-13(17)18-7-19-14(11)21/h7-10,12,15,22H,6H2,1-5H3,(H2,17,18,19)/t9-,10+,12?,15-/m1/s1. The average Bonchev–Trinajstić information content (AvgIpc) is 3.07. The maximum Gasteiger partial charge on any atom is 0.205 e. The Morgan fingerprint density at radius 3 is 2.72 bits per heavy atom. The zero-order valence-corrected chi connectivity index (χ0v) is 16.3. The second-order valence-electron chi connectivity index (χ2n) is 7.76. The van der Waals surface area contributed by atoms with Gasteiger partial charge in [-0.25, -0.2) is 15.0 Å². The van der Waals surface area contributed by atoms with Crippen LogP contribution in [0.3, 0.4) is 0 Å². The van der Waals surface area contributed by atoms with E-state index in [-0.39, 0.29) is 17.6 Å². The molecule has 1 saturated heterocycles. The van der Waals surface area contributed by atoms with Gasteiger partial charge in [-0.15, -0.1) is 0 Å². The Bertz CT molecular complexity index is 745. The largest absolute Gasteiger partial charge is 0.411 e. The Balaban J connectivity index is 1.88. The molecular weight excluding hydrogens is 338 g/mol. The molecule has 2 aromatic heterocycles. The lowest BCUT2D eigenvalue weighted by Crippen LogP contribution is -2.42. The smallest absolute Gasteiger partial charge is 0.205 e. The highest BCUT2D eigenvalue weighted by atomic mass is 28.3. The molecule has 1 fully saturated rings. The van der Waals surface area contributed by atoms with Crippen LogP contribution in [-0.2, 0) is 9.16 Å². The van der Waals surface area contributed by atoms with Crippen LogP contribution in [0.4, 0.5) is 5.82 Å². The highest BCUT2D eigenvalue weighted by Gasteiger charge is 2.44. The first kappa shape index (κ1) is 18.2. The summed E-state index contributed by atoms with van der Waals surface area (Å²) in [6.07, 6.45) is 1.95. The van der Waals surface area contributed by atoms with E-state index in [9.17, 15) is 5.11 Å². The number of imidazole rings is 1. The molecule has 3 N–H and O–H groups in total. The summed E-state index contributed by atoms with van der Waals surface area (Å²) in [5, 5.41) is 10.6. The minimum atomic E-state index is -0.898. The molecular formula is C16H26N5O3Si. The van der Waals surface area contributed by atoms with Crippen LogP contribution in [0.25, 0.3) is 11.2 Å². The van der Waals surface area contributed by atoms with Crippen molar-refractivity contribution in [3.05, 3.63) is 12.7 Å². The van der Waals surface area contributed by atoms with Crippen LogP contribution in [0.2, 0.25) is 13.1 Å². The van der Waals surface area contributed by atoms with E-state index >= 15 is 0 Å². The van der Waals surface area contributed by atoms with Crippen molar-refractivity contribution in [2.75, 3.05) is 5.73 Å². The predicted octanol–water partition coefficient (Wildman–Crippen LogP) is 1.74. The summed E-state index contributed by atoms with van der Waals surface area (Å²) in [5.74, 6) is 0.313. The van der Waals surface area contributed by atoms with Crippen LogP contribution in [-0.4, -0.2) is 52.0 Å². The lowest BCUT2D eigenvalue weighted by atomic mass is 9.85. The molecule has 0 spiro atoms. The van der Waals surface area contributed by atoms with Crippen LogP contribution >= 0.6 is 0 Å². The number of nitrogens with two attached hydrogens (primary N) is 1. The number of fused-ring (bicyclic) bond motifs is 1. The van der Waals surface area contributed by atoms with Gasteiger partial charge in [-0.1, -0.05) is 20.8 Å². The van der Waals surface area contributed by atoms with Crippen LogP contribution in [0, 0.1) is 5.41 Å². The van der Waals surface area contributed by atoms with Gasteiger partial charge >= 0.3 is 0 Å². The number of anilines is 1. The molecule has 1 aliphatic rings. The third-order valence-corrected chi connectivity index (χ3v) is 5.06. The highest BCUT2D eigenvalue weighted by molar-refractivity contribution is 6.48. The summed E-state index contributed by atoms with van der Waals surface area (Å²) in [6.45, 7) is 10.6. The summed E-state index contributed by atoms with van der Waals surface area (Å²) in [7, 11) is -0.898. The second kappa shape index (κ2) is 6.64. The van der Waals surface area contributed by atoms with Crippen molar-refractivity contribution in [3.63, 3.8) is 0 Å². The molecule has 3 heterocycles. The molecule has 1 radical (unpaired) electrons. The maximum absolute atomic E-state index is 10.6. The summed E-state index contributed by atoms with van der Waals surface area (Å²) < 4.78 is 14.2. The number of aliphatic hydroxyl groups is 1. The van der Waals surface area contributed by atoms with Gasteiger partial charge in [-0.2, -0.15) is 0 Å². The van der Waals surface area contributed by atoms with E-state index < -0.39 is 21.4 Å². The van der Waals surface area contributed by atoms with Gasteiger partial charge in [-0.05, 0) is 18.5 Å². The average molecular weight is 365 g/mol. The molecule has 1 unspecified atom stereocenters. The normalized spacial score (nSPS) is 25.8. The van der Waals surface area contributed by atoms with Crippen molar-refractivity contribution in [2.45, 2.75) is 64.8 Å². The van der Waals surface area contributed by atoms with Crippen molar-refractivity contribution in [3.8, 4) is 0 Å². The van der Waals surface area contributed by atoms with Crippen molar-refractivity contribution in [1.82, 2.24) is 19.5 Å². The fourth-order valence-electron chi connectivity index (χ4n) is 3.25. The maximum atomic E-state index is 10.6. The first-order valence-corrected chi connectivity index (χ1v) is 10.8. The van der Waals surface area contributed by atoms with Crippen molar-refractivity contribution in [1.29, 1.82) is 0 Å². The minimum Gasteiger partial charge on any atom is -0.411 e. The summed E-state index contributed by atoms with van der Waals surface area (Å²) in [6, 6.07) is 0. The Labute approximate surface area is 149 Å². The molecule has 0 bridgehead atoms. The zero-order valence-electron chi connectivity index (χ0n) is 15.3. The number of rotatable bonds is 4. The fourth-order valence-corrected chi connectivity index (χ4v) is 4.26. The molecule has 25 heavy (non-hydrogen) atoms. The molecule has 0 saturated carbocycles. The van der Waals surface area contributed by atoms with Gasteiger partial charge in [0.25, 0.3) is 0 Å². The highest BCUT2D eigenvalue weighted by Crippen LogP contribution is 2.38. The van der Waals surface area contributed by atoms with Crippen LogP contribution in [0.1, 0.15) is 33.4 Å². The molecule has 0 aromatic carbocycles. The number of nitrogens with zero attached hydrogens (tertiary/aromatic N) is 4. The van der Waals surface area contributed by atoms with E-state index in [0.717, 1.165) is 0 Å². The van der Waals surface area contributed by atoms with Gasteiger partial charge < -0.3 is 20.0 Å². The van der Waals surface area contributed by atoms with Crippen LogP contribution in [0.5, 0.6) is 0 Å². The van der Waals surface area contributed by atoms with Gasteiger partial charge in [0.2, 0.25) is 9.04 Å². The van der Waals surface area contributed by atoms with Gasteiger partial charge in [-0.3, -0.25) is 4.57 Å². The summed E-state index contributed by atoms with van der Waals surface area (Å²) in [4.78, 5) is 12.4. The zero-order chi connectivity index (χ0) is 18.4. The molecule has 0 aliphatic carbocycles. The van der Waals surface area contributed by atoms with E-state index in [1.807, 2.05) is 0 Å². The first-order chi connectivity index (χ1) is 11.7. The lowest BCUT2D eigenvalue weighted by Gasteiger charge is -2.36. The van der Waals surface area contributed by atoms with Crippen molar-refractivity contribution < 1.29 is 14.3 Å². The number of aromatic nitrogens is 4. The third-order valence-electron chi connectivity index (χ3n) is 4.33. The minimum absolute atomic E-state index is 0.0921. The Morgan fingerprint density at radius 2 is 2.08 bits per heavy atom. The summed E-state index contributed by atoms with van der Waals surface area (Å²) in [5.41, 5.74) is 6.82. The van der Waals surface area contributed by atoms with E-state index in [2.05, 4.69) is 48.8 Å². The molecule has 8 nitrogen and oxygen atoms in total. The van der Waals surface area contributed by atoms with Gasteiger partial charge in [0.05, 0.1) is 18.5 Å². The fraction of sp³-hybridized carbons (Fsp3) is 0.688. The molecule has 2 aromatic rings. The van der Waals surface area contributed by atoms with Crippen molar-refractivity contribution in [2.24, 2.45) is 5.41 Å². The Hall–Kier alpha value is -1.55. The monoisotopic (exact) mass is 364 g/mol. The van der Waals surface area contributed by atoms with Gasteiger partial charge in [0.15, 0.2) is 17.7 Å². The van der Waals surface area contributed by atoms with Crippen LogP contribution in [0.15, 0.2) is 12.7 Å².